The Morgan fingerprint density at radius 2 is 2.00 bits per heavy atom. The molecule has 0 spiro atoms. The van der Waals surface area contributed by atoms with Gasteiger partial charge in [0.15, 0.2) is 5.65 Å². The fourth-order valence-electron chi connectivity index (χ4n) is 2.59. The summed E-state index contributed by atoms with van der Waals surface area (Å²) < 4.78 is 1.91. The number of thiazole rings is 1. The molecule has 0 saturated heterocycles. The molecular weight excluding hydrogens is 294 g/mol. The van der Waals surface area contributed by atoms with Gasteiger partial charge < -0.3 is 0 Å². The molecule has 0 amide bonds. The van der Waals surface area contributed by atoms with Gasteiger partial charge in [-0.05, 0) is 40.8 Å². The van der Waals surface area contributed by atoms with Crippen molar-refractivity contribution in [2.45, 2.75) is 40.3 Å². The van der Waals surface area contributed by atoms with E-state index in [1.54, 1.807) is 11.3 Å². The minimum absolute atomic E-state index is 0.277. The van der Waals surface area contributed by atoms with Crippen LogP contribution in [0.15, 0.2) is 17.6 Å². The summed E-state index contributed by atoms with van der Waals surface area (Å²) in [5, 5.41) is 7.71. The second kappa shape index (κ2) is 5.78. The molecule has 116 valence electrons. The summed E-state index contributed by atoms with van der Waals surface area (Å²) in [6.45, 7) is 9.11. The normalized spacial score (nSPS) is 13.2. The first-order valence-electron chi connectivity index (χ1n) is 7.39. The zero-order valence-corrected chi connectivity index (χ0v) is 14.5. The third kappa shape index (κ3) is 2.76. The van der Waals surface area contributed by atoms with Crippen LogP contribution in [0.2, 0.25) is 0 Å². The van der Waals surface area contributed by atoms with Crippen LogP contribution in [0.5, 0.6) is 0 Å². The molecule has 6 heteroatoms. The highest BCUT2D eigenvalue weighted by molar-refractivity contribution is 7.09. The Morgan fingerprint density at radius 3 is 2.68 bits per heavy atom. The topological polar surface area (TPSA) is 46.3 Å². The van der Waals surface area contributed by atoms with Gasteiger partial charge in [-0.25, -0.2) is 14.5 Å². The summed E-state index contributed by atoms with van der Waals surface area (Å²) >= 11 is 1.72. The molecule has 0 radical (unpaired) electrons. The lowest BCUT2D eigenvalue weighted by Gasteiger charge is -2.22. The Labute approximate surface area is 134 Å². The maximum atomic E-state index is 4.65. The SMILES string of the molecule is Cc1csc([C@H](C)N(C)Cc2cnn3c(C)cc(C)nc23)n1. The molecule has 0 aliphatic heterocycles. The molecule has 0 aliphatic carbocycles. The molecule has 0 saturated carbocycles. The van der Waals surface area contributed by atoms with Crippen molar-refractivity contribution in [3.63, 3.8) is 0 Å². The number of hydrogen-bond donors (Lipinski definition) is 0. The maximum absolute atomic E-state index is 4.65. The predicted molar refractivity (Wildman–Crippen MR) is 89.2 cm³/mol. The van der Waals surface area contributed by atoms with E-state index < -0.39 is 0 Å². The smallest absolute Gasteiger partial charge is 0.159 e. The molecule has 1 atom stereocenters. The van der Waals surface area contributed by atoms with Crippen molar-refractivity contribution in [1.29, 1.82) is 0 Å². The Morgan fingerprint density at radius 1 is 1.23 bits per heavy atom. The predicted octanol–water partition coefficient (Wildman–Crippen LogP) is 3.30. The molecule has 5 nitrogen and oxygen atoms in total. The highest BCUT2D eigenvalue weighted by atomic mass is 32.1. The molecule has 22 heavy (non-hydrogen) atoms. The molecule has 3 aromatic heterocycles. The lowest BCUT2D eigenvalue weighted by Crippen LogP contribution is -2.22. The number of fused-ring (bicyclic) bond motifs is 1. The standard InChI is InChI=1S/C16H21N5S/c1-10-6-12(3)21-15(18-10)14(7-17-21)8-20(5)13(4)16-19-11(2)9-22-16/h6-7,9,13H,8H2,1-5H3/t13-/m0/s1. The van der Waals surface area contributed by atoms with E-state index in [4.69, 9.17) is 0 Å². The molecule has 0 N–H and O–H groups in total. The van der Waals surface area contributed by atoms with E-state index in [2.05, 4.69) is 52.3 Å². The van der Waals surface area contributed by atoms with Gasteiger partial charge in [0.2, 0.25) is 0 Å². The fraction of sp³-hybridized carbons (Fsp3) is 0.438. The van der Waals surface area contributed by atoms with E-state index >= 15 is 0 Å². The van der Waals surface area contributed by atoms with Crippen LogP contribution in [0.4, 0.5) is 0 Å². The summed E-state index contributed by atoms with van der Waals surface area (Å²) in [4.78, 5) is 11.5. The second-order valence-electron chi connectivity index (χ2n) is 5.86. The highest BCUT2D eigenvalue weighted by Gasteiger charge is 2.17. The van der Waals surface area contributed by atoms with Crippen molar-refractivity contribution in [3.05, 3.63) is 45.3 Å². The zero-order valence-electron chi connectivity index (χ0n) is 13.7. The average molecular weight is 315 g/mol. The quantitative estimate of drug-likeness (QED) is 0.741. The number of hydrogen-bond acceptors (Lipinski definition) is 5. The molecule has 0 aliphatic rings. The summed E-state index contributed by atoms with van der Waals surface area (Å²) in [5.41, 5.74) is 5.32. The molecule has 3 rings (SSSR count). The van der Waals surface area contributed by atoms with Crippen LogP contribution < -0.4 is 0 Å². The van der Waals surface area contributed by atoms with Crippen molar-refractivity contribution in [2.24, 2.45) is 0 Å². The average Bonchev–Trinajstić information content (AvgIpc) is 3.05. The van der Waals surface area contributed by atoms with E-state index in [1.165, 1.54) is 0 Å². The third-order valence-electron chi connectivity index (χ3n) is 3.93. The van der Waals surface area contributed by atoms with Gasteiger partial charge in [0.05, 0.1) is 12.2 Å². The third-order valence-corrected chi connectivity index (χ3v) is 5.06. The minimum atomic E-state index is 0.277. The lowest BCUT2D eigenvalue weighted by molar-refractivity contribution is 0.253. The Balaban J connectivity index is 1.86. The van der Waals surface area contributed by atoms with Crippen molar-refractivity contribution in [1.82, 2.24) is 24.5 Å². The first kappa shape index (κ1) is 15.1. The van der Waals surface area contributed by atoms with Crippen LogP contribution in [0.25, 0.3) is 5.65 Å². The van der Waals surface area contributed by atoms with E-state index in [-0.39, 0.29) is 6.04 Å². The Hall–Kier alpha value is -1.79. The Kier molecular flexibility index (Phi) is 3.97. The van der Waals surface area contributed by atoms with Crippen molar-refractivity contribution < 1.29 is 0 Å². The summed E-state index contributed by atoms with van der Waals surface area (Å²) in [6, 6.07) is 2.33. The zero-order chi connectivity index (χ0) is 15.9. The molecule has 0 aromatic carbocycles. The van der Waals surface area contributed by atoms with Crippen LogP contribution in [0, 0.1) is 20.8 Å². The van der Waals surface area contributed by atoms with Gasteiger partial charge in [-0.1, -0.05) is 0 Å². The van der Waals surface area contributed by atoms with Crippen molar-refractivity contribution in [2.75, 3.05) is 7.05 Å². The first-order valence-corrected chi connectivity index (χ1v) is 8.27. The molecule has 3 heterocycles. The summed E-state index contributed by atoms with van der Waals surface area (Å²) in [7, 11) is 2.12. The molecule has 0 bridgehead atoms. The van der Waals surface area contributed by atoms with E-state index in [0.29, 0.717) is 0 Å². The van der Waals surface area contributed by atoms with Gasteiger partial charge in [-0.2, -0.15) is 5.10 Å². The fourth-order valence-corrected chi connectivity index (χ4v) is 3.50. The minimum Gasteiger partial charge on any atom is -0.293 e. The second-order valence-corrected chi connectivity index (χ2v) is 6.75. The van der Waals surface area contributed by atoms with Gasteiger partial charge in [0.25, 0.3) is 0 Å². The van der Waals surface area contributed by atoms with E-state index in [9.17, 15) is 0 Å². The van der Waals surface area contributed by atoms with Gasteiger partial charge in [-0.3, -0.25) is 4.90 Å². The van der Waals surface area contributed by atoms with Crippen LogP contribution >= 0.6 is 11.3 Å². The summed E-state index contributed by atoms with van der Waals surface area (Å²) in [6.07, 6.45) is 1.92. The van der Waals surface area contributed by atoms with Gasteiger partial charge in [0, 0.05) is 34.6 Å². The Bertz CT molecular complexity index is 804. The van der Waals surface area contributed by atoms with E-state index in [0.717, 1.165) is 39.8 Å². The first-order chi connectivity index (χ1) is 10.5. The number of nitrogens with zero attached hydrogens (tertiary/aromatic N) is 5. The van der Waals surface area contributed by atoms with Crippen LogP contribution in [-0.2, 0) is 6.54 Å². The van der Waals surface area contributed by atoms with Crippen LogP contribution in [-0.4, -0.2) is 31.5 Å². The van der Waals surface area contributed by atoms with Crippen LogP contribution in [0.3, 0.4) is 0 Å². The van der Waals surface area contributed by atoms with Crippen molar-refractivity contribution >= 4 is 17.0 Å². The molecule has 0 unspecified atom stereocenters. The lowest BCUT2D eigenvalue weighted by atomic mass is 10.2. The van der Waals surface area contributed by atoms with Gasteiger partial charge in [-0.15, -0.1) is 11.3 Å². The molecule has 3 aromatic rings. The van der Waals surface area contributed by atoms with Gasteiger partial charge in [0.1, 0.15) is 5.01 Å². The molecule has 0 fully saturated rings. The van der Waals surface area contributed by atoms with Gasteiger partial charge >= 0.3 is 0 Å². The number of rotatable bonds is 4. The number of aryl methyl sites for hydroxylation is 3. The monoisotopic (exact) mass is 315 g/mol. The largest absolute Gasteiger partial charge is 0.293 e. The highest BCUT2D eigenvalue weighted by Crippen LogP contribution is 2.24. The van der Waals surface area contributed by atoms with Crippen molar-refractivity contribution in [3.8, 4) is 0 Å². The van der Waals surface area contributed by atoms with Crippen LogP contribution in [0.1, 0.15) is 40.6 Å². The summed E-state index contributed by atoms with van der Waals surface area (Å²) in [5.74, 6) is 0. The maximum Gasteiger partial charge on any atom is 0.159 e. The van der Waals surface area contributed by atoms with E-state index in [1.807, 2.05) is 24.6 Å². The molecular formula is C16H21N5S. The number of aromatic nitrogens is 4.